The number of aromatic nitrogens is 1. The van der Waals surface area contributed by atoms with E-state index in [1.807, 2.05) is 60.7 Å². The van der Waals surface area contributed by atoms with E-state index in [1.165, 1.54) is 0 Å². The van der Waals surface area contributed by atoms with E-state index in [0.717, 1.165) is 37.7 Å². The fourth-order valence-electron chi connectivity index (χ4n) is 5.19. The number of rotatable bonds is 7. The second kappa shape index (κ2) is 10.1. The average molecular weight is 532 g/mol. The van der Waals surface area contributed by atoms with E-state index in [0.29, 0.717) is 10.6 Å². The predicted molar refractivity (Wildman–Crippen MR) is 159 cm³/mol. The van der Waals surface area contributed by atoms with Crippen LogP contribution in [0.3, 0.4) is 0 Å². The number of H-pyrrole nitrogens is 1. The van der Waals surface area contributed by atoms with Crippen LogP contribution in [0.25, 0.3) is 21.8 Å². The summed E-state index contributed by atoms with van der Waals surface area (Å²) in [6, 6.07) is 41.9. The van der Waals surface area contributed by atoms with Gasteiger partial charge < -0.3 is 9.41 Å². The monoisotopic (exact) mass is 531 g/mol. The lowest BCUT2D eigenvalue weighted by Crippen LogP contribution is -2.59. The zero-order chi connectivity index (χ0) is 26.1. The molecular formula is C33H26ClNO2Si. The lowest BCUT2D eigenvalue weighted by atomic mass is 9.98. The quantitative estimate of drug-likeness (QED) is 0.173. The Kier molecular flexibility index (Phi) is 6.46. The van der Waals surface area contributed by atoms with Crippen molar-refractivity contribution >= 4 is 57.9 Å². The van der Waals surface area contributed by atoms with Crippen molar-refractivity contribution in [1.29, 1.82) is 0 Å². The summed E-state index contributed by atoms with van der Waals surface area (Å²) in [6.07, 6.45) is -0.829. The first-order valence-electron chi connectivity index (χ1n) is 12.6. The highest BCUT2D eigenvalue weighted by Crippen LogP contribution is 2.35. The molecule has 6 aromatic rings. The fourth-order valence-corrected chi connectivity index (χ4v) is 8.28. The highest BCUT2D eigenvalue weighted by Gasteiger charge is 2.40. The van der Waals surface area contributed by atoms with Crippen LogP contribution in [0.4, 0.5) is 0 Å². The first-order chi connectivity index (χ1) is 18.5. The molecule has 0 fully saturated rings. The van der Waals surface area contributed by atoms with Gasteiger partial charge in [-0.1, -0.05) is 109 Å². The summed E-state index contributed by atoms with van der Waals surface area (Å²) in [5, 5.41) is 4.98. The van der Waals surface area contributed by atoms with E-state index in [1.54, 1.807) is 24.3 Å². The number of aromatic amines is 1. The van der Waals surface area contributed by atoms with Crippen LogP contribution in [0.5, 0.6) is 0 Å². The highest BCUT2D eigenvalue weighted by atomic mass is 35.5. The molecular weight excluding hydrogens is 506 g/mol. The van der Waals surface area contributed by atoms with Crippen LogP contribution in [0.15, 0.2) is 127 Å². The molecule has 0 bridgehead atoms. The summed E-state index contributed by atoms with van der Waals surface area (Å²) in [5.41, 5.74) is 3.33. The molecule has 186 valence electrons. The maximum atomic E-state index is 14.3. The number of carbonyl (C=O) groups excluding carboxylic acids is 1. The lowest BCUT2D eigenvalue weighted by molar-refractivity contribution is 0.0788. The molecule has 1 aromatic heterocycles. The molecule has 38 heavy (non-hydrogen) atoms. The van der Waals surface area contributed by atoms with Crippen LogP contribution < -0.4 is 10.4 Å². The number of para-hydroxylation sites is 2. The zero-order valence-corrected chi connectivity index (χ0v) is 22.7. The topological polar surface area (TPSA) is 42.1 Å². The molecule has 6 rings (SSSR count). The standard InChI is InChI=1S/C33H26ClNO2Si/c1-38(25-11-4-2-5-12-25,26-13-6-3-7-14-26)37-33(32(36)23-19-21-24(34)22-20-23)29-17-10-16-28-27-15-8-9-18-30(27)35-31(28)29/h2-22,33,35H,1H3/t33-/m0/s1. The third-order valence-electron chi connectivity index (χ3n) is 7.23. The molecule has 0 saturated carbocycles. The number of Topliss-reactive ketones (excluding diaryl/α,β-unsaturated/α-hetero) is 1. The average Bonchev–Trinajstić information content (AvgIpc) is 3.36. The van der Waals surface area contributed by atoms with Crippen molar-refractivity contribution in [1.82, 2.24) is 4.98 Å². The Morgan fingerprint density at radius 2 is 1.29 bits per heavy atom. The van der Waals surface area contributed by atoms with E-state index in [-0.39, 0.29) is 5.78 Å². The van der Waals surface area contributed by atoms with Crippen molar-refractivity contribution in [3.63, 3.8) is 0 Å². The van der Waals surface area contributed by atoms with E-state index in [4.69, 9.17) is 16.0 Å². The zero-order valence-electron chi connectivity index (χ0n) is 20.9. The van der Waals surface area contributed by atoms with Gasteiger partial charge in [0.15, 0.2) is 5.78 Å². The Hall–Kier alpha value is -3.96. The Labute approximate surface area is 227 Å². The Balaban J connectivity index is 1.57. The second-order valence-electron chi connectivity index (χ2n) is 9.57. The maximum absolute atomic E-state index is 14.3. The molecule has 0 aliphatic heterocycles. The SMILES string of the molecule is C[Si](O[C@H](C(=O)c1ccc(Cl)cc1)c1cccc2c1[nH]c1ccccc12)(c1ccccc1)c1ccccc1. The van der Waals surface area contributed by atoms with Crippen molar-refractivity contribution in [2.45, 2.75) is 12.7 Å². The summed E-state index contributed by atoms with van der Waals surface area (Å²) in [7, 11) is -2.84. The third kappa shape index (κ3) is 4.37. The van der Waals surface area contributed by atoms with E-state index < -0.39 is 14.4 Å². The molecule has 0 amide bonds. The largest absolute Gasteiger partial charge is 0.394 e. The number of hydrogen-bond donors (Lipinski definition) is 1. The van der Waals surface area contributed by atoms with Crippen LogP contribution >= 0.6 is 11.6 Å². The molecule has 0 unspecified atom stereocenters. The van der Waals surface area contributed by atoms with Crippen LogP contribution in [0.1, 0.15) is 22.0 Å². The molecule has 1 N–H and O–H groups in total. The van der Waals surface area contributed by atoms with E-state index in [2.05, 4.69) is 54.0 Å². The van der Waals surface area contributed by atoms with E-state index >= 15 is 0 Å². The van der Waals surface area contributed by atoms with Gasteiger partial charge >= 0.3 is 0 Å². The van der Waals surface area contributed by atoms with Gasteiger partial charge in [-0.05, 0) is 47.3 Å². The molecule has 0 spiro atoms. The molecule has 5 heteroatoms. The van der Waals surface area contributed by atoms with Gasteiger partial charge in [-0.15, -0.1) is 0 Å². The van der Waals surface area contributed by atoms with E-state index in [9.17, 15) is 4.79 Å². The number of nitrogens with one attached hydrogen (secondary N) is 1. The summed E-state index contributed by atoms with van der Waals surface area (Å²) < 4.78 is 7.18. The molecule has 3 nitrogen and oxygen atoms in total. The number of fused-ring (bicyclic) bond motifs is 3. The van der Waals surface area contributed by atoms with Gasteiger partial charge in [0, 0.05) is 32.4 Å². The first-order valence-corrected chi connectivity index (χ1v) is 15.4. The van der Waals surface area contributed by atoms with Crippen LogP contribution in [0, 0.1) is 0 Å². The minimum atomic E-state index is -2.84. The molecule has 0 radical (unpaired) electrons. The van der Waals surface area contributed by atoms with Gasteiger partial charge in [-0.3, -0.25) is 4.79 Å². The molecule has 1 atom stereocenters. The minimum Gasteiger partial charge on any atom is -0.394 e. The number of carbonyl (C=O) groups is 1. The molecule has 0 aliphatic carbocycles. The van der Waals surface area contributed by atoms with Crippen molar-refractivity contribution < 1.29 is 9.22 Å². The molecule has 1 heterocycles. The molecule has 0 aliphatic rings. The Morgan fingerprint density at radius 1 is 0.711 bits per heavy atom. The molecule has 0 saturated heterocycles. The maximum Gasteiger partial charge on any atom is 0.254 e. The van der Waals surface area contributed by atoms with Crippen molar-refractivity contribution in [3.8, 4) is 0 Å². The normalized spacial score (nSPS) is 12.6. The lowest BCUT2D eigenvalue weighted by Gasteiger charge is -2.33. The van der Waals surface area contributed by atoms with Crippen LogP contribution in [0.2, 0.25) is 11.6 Å². The van der Waals surface area contributed by atoms with Gasteiger partial charge in [0.1, 0.15) is 6.10 Å². The summed E-state index contributed by atoms with van der Waals surface area (Å²) in [6.45, 7) is 2.17. The predicted octanol–water partition coefficient (Wildman–Crippen LogP) is 7.30. The fraction of sp³-hybridized carbons (Fsp3) is 0.0606. The van der Waals surface area contributed by atoms with Crippen molar-refractivity contribution in [2.75, 3.05) is 0 Å². The van der Waals surface area contributed by atoms with Gasteiger partial charge in [-0.25, -0.2) is 0 Å². The highest BCUT2D eigenvalue weighted by molar-refractivity contribution is 6.96. The Bertz CT molecular complexity index is 1690. The van der Waals surface area contributed by atoms with Gasteiger partial charge in [-0.2, -0.15) is 0 Å². The number of halogens is 1. The summed E-state index contributed by atoms with van der Waals surface area (Å²) in [5.74, 6) is -0.0987. The van der Waals surface area contributed by atoms with Gasteiger partial charge in [0.25, 0.3) is 8.32 Å². The number of benzene rings is 5. The van der Waals surface area contributed by atoms with Crippen molar-refractivity contribution in [3.05, 3.63) is 144 Å². The smallest absolute Gasteiger partial charge is 0.254 e. The van der Waals surface area contributed by atoms with Crippen molar-refractivity contribution in [2.24, 2.45) is 0 Å². The Morgan fingerprint density at radius 3 is 1.95 bits per heavy atom. The minimum absolute atomic E-state index is 0.0987. The van der Waals surface area contributed by atoms with Crippen LogP contribution in [-0.2, 0) is 4.43 Å². The third-order valence-corrected chi connectivity index (χ3v) is 11.1. The summed E-state index contributed by atoms with van der Waals surface area (Å²) >= 11 is 6.16. The van der Waals surface area contributed by atoms with Gasteiger partial charge in [0.2, 0.25) is 0 Å². The number of hydrogen-bond acceptors (Lipinski definition) is 2. The van der Waals surface area contributed by atoms with Gasteiger partial charge in [0.05, 0.1) is 5.52 Å². The van der Waals surface area contributed by atoms with Crippen LogP contribution in [-0.4, -0.2) is 19.1 Å². The molecule has 5 aromatic carbocycles. The second-order valence-corrected chi connectivity index (χ2v) is 13.5. The first kappa shape index (κ1) is 24.4. The number of ketones is 1. The summed E-state index contributed by atoms with van der Waals surface area (Å²) in [4.78, 5) is 17.9.